The van der Waals surface area contributed by atoms with E-state index < -0.39 is 0 Å². The molecule has 0 saturated heterocycles. The Hall–Kier alpha value is -2.61. The lowest BCUT2D eigenvalue weighted by molar-refractivity contribution is 0.0526. The summed E-state index contributed by atoms with van der Waals surface area (Å²) in [6.45, 7) is 6.93. The molecule has 2 heteroatoms. The monoisotopic (exact) mass is 358 g/mol. The molecule has 4 rings (SSSR count). The summed E-state index contributed by atoms with van der Waals surface area (Å²) in [6.07, 6.45) is 2.24. The molecule has 1 aliphatic carbocycles. The van der Waals surface area contributed by atoms with Crippen molar-refractivity contribution in [2.75, 3.05) is 6.61 Å². The van der Waals surface area contributed by atoms with Crippen LogP contribution < -0.4 is 0 Å². The molecule has 3 aromatic carbocycles. The molecule has 0 aromatic heterocycles. The van der Waals surface area contributed by atoms with Crippen LogP contribution in [0.25, 0.3) is 10.8 Å². The first-order valence-corrected chi connectivity index (χ1v) is 9.77. The summed E-state index contributed by atoms with van der Waals surface area (Å²) in [4.78, 5) is 12.0. The zero-order chi connectivity index (χ0) is 19.0. The Bertz CT molecular complexity index is 1000. The zero-order valence-electron chi connectivity index (χ0n) is 16.3. The molecule has 0 heterocycles. The van der Waals surface area contributed by atoms with E-state index in [1.807, 2.05) is 25.1 Å². The van der Waals surface area contributed by atoms with Crippen LogP contribution in [0.15, 0.2) is 60.7 Å². The second-order valence-corrected chi connectivity index (χ2v) is 8.19. The van der Waals surface area contributed by atoms with Crippen molar-refractivity contribution >= 4 is 16.7 Å². The van der Waals surface area contributed by atoms with Crippen LogP contribution in [-0.2, 0) is 16.6 Å². The molecular formula is C25H26O2. The topological polar surface area (TPSA) is 26.3 Å². The number of esters is 1. The first-order valence-electron chi connectivity index (χ1n) is 9.77. The molecule has 27 heavy (non-hydrogen) atoms. The van der Waals surface area contributed by atoms with Crippen molar-refractivity contribution in [3.05, 3.63) is 82.9 Å². The Morgan fingerprint density at radius 3 is 2.59 bits per heavy atom. The molecular weight excluding hydrogens is 332 g/mol. The average Bonchev–Trinajstić information content (AvgIpc) is 2.67. The van der Waals surface area contributed by atoms with Crippen LogP contribution >= 0.6 is 0 Å². The van der Waals surface area contributed by atoms with Crippen LogP contribution in [0.4, 0.5) is 0 Å². The number of fused-ring (bicyclic) bond motifs is 2. The Morgan fingerprint density at radius 2 is 1.78 bits per heavy atom. The van der Waals surface area contributed by atoms with Crippen LogP contribution in [0.3, 0.4) is 0 Å². The quantitative estimate of drug-likeness (QED) is 0.535. The van der Waals surface area contributed by atoms with Crippen LogP contribution in [0, 0.1) is 0 Å². The van der Waals surface area contributed by atoms with Gasteiger partial charge in [0.15, 0.2) is 0 Å². The van der Waals surface area contributed by atoms with Crippen molar-refractivity contribution < 1.29 is 9.53 Å². The second kappa shape index (κ2) is 6.84. The maximum atomic E-state index is 12.0. The van der Waals surface area contributed by atoms with E-state index in [0.29, 0.717) is 18.1 Å². The molecule has 0 aliphatic heterocycles. The number of carbonyl (C=O) groups is 1. The molecule has 0 N–H and O–H groups in total. The molecule has 0 spiro atoms. The third kappa shape index (κ3) is 3.37. The van der Waals surface area contributed by atoms with Crippen molar-refractivity contribution in [1.82, 2.24) is 0 Å². The summed E-state index contributed by atoms with van der Waals surface area (Å²) in [5.74, 6) is 0.262. The van der Waals surface area contributed by atoms with E-state index in [4.69, 9.17) is 4.74 Å². The SMILES string of the molecule is CCOC(=O)c1ccc2cc(C3Cc4ccccc4C(C)(C)C3)ccc2c1. The molecule has 0 fully saturated rings. The molecule has 0 radical (unpaired) electrons. The molecule has 138 valence electrons. The molecule has 1 atom stereocenters. The van der Waals surface area contributed by atoms with Crippen LogP contribution in [0.1, 0.15) is 60.2 Å². The Kier molecular flexibility index (Phi) is 4.51. The van der Waals surface area contributed by atoms with Crippen molar-refractivity contribution in [3.8, 4) is 0 Å². The average molecular weight is 358 g/mol. The number of hydrogen-bond donors (Lipinski definition) is 0. The van der Waals surface area contributed by atoms with Gasteiger partial charge in [-0.25, -0.2) is 4.79 Å². The fraction of sp³-hybridized carbons (Fsp3) is 0.320. The summed E-state index contributed by atoms with van der Waals surface area (Å²) in [6, 6.07) is 21.3. The largest absolute Gasteiger partial charge is 0.462 e. The van der Waals surface area contributed by atoms with Gasteiger partial charge in [0.2, 0.25) is 0 Å². The first kappa shape index (κ1) is 17.8. The van der Waals surface area contributed by atoms with Gasteiger partial charge >= 0.3 is 5.97 Å². The highest BCUT2D eigenvalue weighted by molar-refractivity contribution is 5.95. The number of rotatable bonds is 3. The van der Waals surface area contributed by atoms with Gasteiger partial charge in [0, 0.05) is 0 Å². The maximum absolute atomic E-state index is 12.0. The fourth-order valence-corrected chi connectivity index (χ4v) is 4.52. The normalized spacial score (nSPS) is 18.1. The predicted octanol–water partition coefficient (Wildman–Crippen LogP) is 6.02. The van der Waals surface area contributed by atoms with E-state index in [1.54, 1.807) is 0 Å². The minimum Gasteiger partial charge on any atom is -0.462 e. The van der Waals surface area contributed by atoms with Gasteiger partial charge in [-0.1, -0.05) is 62.4 Å². The standard InChI is InChI=1S/C25H26O2/c1-4-27-24(26)21-12-11-17-13-19(10-9-18(17)14-21)22-15-20-7-5-6-8-23(20)25(2,3)16-22/h5-14,22H,4,15-16H2,1-3H3. The van der Waals surface area contributed by atoms with Crippen LogP contribution in [0.2, 0.25) is 0 Å². The van der Waals surface area contributed by atoms with Gasteiger partial charge in [0.1, 0.15) is 0 Å². The molecule has 2 nitrogen and oxygen atoms in total. The lowest BCUT2D eigenvalue weighted by Gasteiger charge is -2.38. The first-order chi connectivity index (χ1) is 13.0. The number of benzene rings is 3. The van der Waals surface area contributed by atoms with E-state index >= 15 is 0 Å². The molecule has 3 aromatic rings. The number of ether oxygens (including phenoxy) is 1. The van der Waals surface area contributed by atoms with E-state index in [9.17, 15) is 4.79 Å². The maximum Gasteiger partial charge on any atom is 0.338 e. The Morgan fingerprint density at radius 1 is 1.04 bits per heavy atom. The van der Waals surface area contributed by atoms with Crippen LogP contribution in [-0.4, -0.2) is 12.6 Å². The summed E-state index contributed by atoms with van der Waals surface area (Å²) < 4.78 is 5.11. The lowest BCUT2D eigenvalue weighted by atomic mass is 9.67. The van der Waals surface area contributed by atoms with Gasteiger partial charge in [-0.15, -0.1) is 0 Å². The van der Waals surface area contributed by atoms with Gasteiger partial charge in [0.25, 0.3) is 0 Å². The van der Waals surface area contributed by atoms with Crippen molar-refractivity contribution in [2.45, 2.75) is 44.9 Å². The highest BCUT2D eigenvalue weighted by Gasteiger charge is 2.33. The highest BCUT2D eigenvalue weighted by atomic mass is 16.5. The van der Waals surface area contributed by atoms with Crippen molar-refractivity contribution in [2.24, 2.45) is 0 Å². The van der Waals surface area contributed by atoms with E-state index in [0.717, 1.165) is 18.2 Å². The smallest absolute Gasteiger partial charge is 0.338 e. The van der Waals surface area contributed by atoms with E-state index in [2.05, 4.69) is 56.3 Å². The van der Waals surface area contributed by atoms with Gasteiger partial charge in [-0.05, 0) is 70.7 Å². The fourth-order valence-electron chi connectivity index (χ4n) is 4.52. The third-order valence-electron chi connectivity index (χ3n) is 5.82. The molecule has 0 bridgehead atoms. The minimum atomic E-state index is -0.255. The van der Waals surface area contributed by atoms with E-state index in [1.165, 1.54) is 22.1 Å². The van der Waals surface area contributed by atoms with Gasteiger partial charge in [-0.2, -0.15) is 0 Å². The molecule has 1 unspecified atom stereocenters. The van der Waals surface area contributed by atoms with Gasteiger partial charge < -0.3 is 4.74 Å². The van der Waals surface area contributed by atoms with Gasteiger partial charge in [-0.3, -0.25) is 0 Å². The van der Waals surface area contributed by atoms with Gasteiger partial charge in [0.05, 0.1) is 12.2 Å². The summed E-state index contributed by atoms with van der Waals surface area (Å²) in [5.41, 5.74) is 5.14. The zero-order valence-corrected chi connectivity index (χ0v) is 16.3. The molecule has 1 aliphatic rings. The molecule has 0 amide bonds. The Labute approximate surface area is 161 Å². The highest BCUT2D eigenvalue weighted by Crippen LogP contribution is 2.43. The van der Waals surface area contributed by atoms with Crippen molar-refractivity contribution in [1.29, 1.82) is 0 Å². The number of hydrogen-bond acceptors (Lipinski definition) is 2. The Balaban J connectivity index is 1.67. The third-order valence-corrected chi connectivity index (χ3v) is 5.82. The minimum absolute atomic E-state index is 0.183. The lowest BCUT2D eigenvalue weighted by Crippen LogP contribution is -2.28. The van der Waals surface area contributed by atoms with E-state index in [-0.39, 0.29) is 11.4 Å². The molecule has 0 saturated carbocycles. The van der Waals surface area contributed by atoms with Crippen molar-refractivity contribution in [3.63, 3.8) is 0 Å². The summed E-state index contributed by atoms with van der Waals surface area (Å²) in [7, 11) is 0. The summed E-state index contributed by atoms with van der Waals surface area (Å²) >= 11 is 0. The summed E-state index contributed by atoms with van der Waals surface area (Å²) in [5, 5.41) is 2.26. The van der Waals surface area contributed by atoms with Crippen LogP contribution in [0.5, 0.6) is 0 Å². The second-order valence-electron chi connectivity index (χ2n) is 8.19. The predicted molar refractivity (Wildman–Crippen MR) is 110 cm³/mol. The number of carbonyl (C=O) groups excluding carboxylic acids is 1.